The quantitative estimate of drug-likeness (QED) is 0.351. The van der Waals surface area contributed by atoms with Crippen molar-refractivity contribution in [3.05, 3.63) is 29.6 Å². The fraction of sp³-hybridized carbons (Fsp3) is 0.714. The summed E-state index contributed by atoms with van der Waals surface area (Å²) in [4.78, 5) is 11.2. The largest absolute Gasteiger partial charge is 0.356 e. The van der Waals surface area contributed by atoms with Crippen LogP contribution in [0.1, 0.15) is 50.7 Å². The van der Waals surface area contributed by atoms with Crippen molar-refractivity contribution in [2.45, 2.75) is 58.9 Å². The Balaban J connectivity index is 0.00000364. The Labute approximate surface area is 182 Å². The second-order valence-corrected chi connectivity index (χ2v) is 7.69. The van der Waals surface area contributed by atoms with Gasteiger partial charge in [0.15, 0.2) is 5.96 Å². The molecule has 1 atom stereocenters. The first-order chi connectivity index (χ1) is 12.6. The average molecular weight is 487 g/mol. The number of aryl methyl sites for hydroxylation is 1. The van der Waals surface area contributed by atoms with E-state index in [1.165, 1.54) is 49.9 Å². The Bertz CT molecular complexity index is 553. The van der Waals surface area contributed by atoms with Crippen LogP contribution in [0.4, 0.5) is 0 Å². The van der Waals surface area contributed by atoms with Crippen LogP contribution in [0.5, 0.6) is 0 Å². The van der Waals surface area contributed by atoms with E-state index in [1.54, 1.807) is 0 Å². The van der Waals surface area contributed by atoms with Gasteiger partial charge in [-0.05, 0) is 62.4 Å². The van der Waals surface area contributed by atoms with Crippen molar-refractivity contribution in [2.24, 2.45) is 10.9 Å². The van der Waals surface area contributed by atoms with Gasteiger partial charge in [0, 0.05) is 38.6 Å². The molecule has 1 aromatic rings. The van der Waals surface area contributed by atoms with Crippen molar-refractivity contribution in [2.75, 3.05) is 33.2 Å². The monoisotopic (exact) mass is 487 g/mol. The molecule has 1 saturated heterocycles. The number of nitrogens with one attached hydrogen (secondary N) is 2. The van der Waals surface area contributed by atoms with Crippen LogP contribution >= 0.6 is 24.0 Å². The summed E-state index contributed by atoms with van der Waals surface area (Å²) in [7, 11) is 1.85. The third kappa shape index (κ3) is 8.34. The van der Waals surface area contributed by atoms with Gasteiger partial charge in [-0.2, -0.15) is 0 Å². The lowest BCUT2D eigenvalue weighted by Crippen LogP contribution is -2.50. The summed E-state index contributed by atoms with van der Waals surface area (Å²) in [6.45, 7) is 11.1. The number of likely N-dealkylation sites (tertiary alicyclic amines) is 1. The van der Waals surface area contributed by atoms with Gasteiger partial charge in [-0.15, -0.1) is 24.0 Å². The van der Waals surface area contributed by atoms with Crippen LogP contribution in [-0.2, 0) is 6.42 Å². The number of hydrogen-bond donors (Lipinski definition) is 2. The Morgan fingerprint density at radius 1 is 1.19 bits per heavy atom. The molecule has 1 aliphatic heterocycles. The van der Waals surface area contributed by atoms with Crippen molar-refractivity contribution in [3.8, 4) is 0 Å². The van der Waals surface area contributed by atoms with E-state index in [1.807, 2.05) is 19.4 Å². The van der Waals surface area contributed by atoms with Gasteiger partial charge in [0.25, 0.3) is 0 Å². The zero-order valence-corrected chi connectivity index (χ0v) is 19.8. The highest BCUT2D eigenvalue weighted by Crippen LogP contribution is 2.17. The summed E-state index contributed by atoms with van der Waals surface area (Å²) < 4.78 is 0. The normalized spacial score (nSPS) is 17.1. The molecule has 0 bridgehead atoms. The highest BCUT2D eigenvalue weighted by atomic mass is 127. The molecule has 1 unspecified atom stereocenters. The predicted molar refractivity (Wildman–Crippen MR) is 126 cm³/mol. The molecule has 2 heterocycles. The maximum absolute atomic E-state index is 4.40. The predicted octanol–water partition coefficient (Wildman–Crippen LogP) is 3.62. The Morgan fingerprint density at radius 3 is 2.48 bits per heavy atom. The molecule has 2 rings (SSSR count). The minimum absolute atomic E-state index is 0. The molecular formula is C21H38IN5. The van der Waals surface area contributed by atoms with Gasteiger partial charge in [0.1, 0.15) is 0 Å². The first-order valence-electron chi connectivity index (χ1n) is 10.2. The molecule has 6 heteroatoms. The molecule has 2 N–H and O–H groups in total. The van der Waals surface area contributed by atoms with Gasteiger partial charge in [-0.25, -0.2) is 0 Å². The van der Waals surface area contributed by atoms with E-state index in [0.717, 1.165) is 25.5 Å². The summed E-state index contributed by atoms with van der Waals surface area (Å²) in [6, 6.07) is 2.66. The van der Waals surface area contributed by atoms with E-state index in [2.05, 4.69) is 52.3 Å². The van der Waals surface area contributed by atoms with Crippen LogP contribution in [0.25, 0.3) is 0 Å². The lowest BCUT2D eigenvalue weighted by atomic mass is 10.0. The van der Waals surface area contributed by atoms with Crippen molar-refractivity contribution in [1.82, 2.24) is 20.5 Å². The zero-order chi connectivity index (χ0) is 18.8. The molecule has 0 aliphatic carbocycles. The second-order valence-electron chi connectivity index (χ2n) is 7.69. The zero-order valence-electron chi connectivity index (χ0n) is 17.5. The number of guanidine groups is 1. The lowest BCUT2D eigenvalue weighted by molar-refractivity contribution is 0.161. The number of hydrogen-bond acceptors (Lipinski definition) is 3. The van der Waals surface area contributed by atoms with Gasteiger partial charge in [0.2, 0.25) is 0 Å². The molecule has 1 aromatic heterocycles. The molecule has 1 aliphatic rings. The number of nitrogens with zero attached hydrogens (tertiary/aromatic N) is 3. The van der Waals surface area contributed by atoms with E-state index in [9.17, 15) is 0 Å². The maximum Gasteiger partial charge on any atom is 0.191 e. The number of aliphatic imine (C=N–C) groups is 1. The molecule has 0 saturated carbocycles. The summed E-state index contributed by atoms with van der Waals surface area (Å²) in [5.41, 5.74) is 2.59. The van der Waals surface area contributed by atoms with Gasteiger partial charge in [-0.3, -0.25) is 14.9 Å². The van der Waals surface area contributed by atoms with Crippen molar-refractivity contribution >= 4 is 29.9 Å². The first-order valence-corrected chi connectivity index (χ1v) is 10.2. The fourth-order valence-electron chi connectivity index (χ4n) is 3.73. The molecule has 0 spiro atoms. The molecule has 154 valence electrons. The first kappa shape index (κ1) is 24.1. The Morgan fingerprint density at radius 2 is 1.89 bits per heavy atom. The van der Waals surface area contributed by atoms with Crippen LogP contribution in [0.2, 0.25) is 0 Å². The second kappa shape index (κ2) is 13.3. The highest BCUT2D eigenvalue weighted by Gasteiger charge is 2.22. The van der Waals surface area contributed by atoms with Gasteiger partial charge < -0.3 is 10.6 Å². The van der Waals surface area contributed by atoms with Crippen LogP contribution < -0.4 is 10.6 Å². The van der Waals surface area contributed by atoms with Crippen LogP contribution in [0, 0.1) is 12.8 Å². The third-order valence-corrected chi connectivity index (χ3v) is 5.40. The van der Waals surface area contributed by atoms with Crippen LogP contribution in [-0.4, -0.2) is 55.1 Å². The lowest BCUT2D eigenvalue weighted by Gasteiger charge is -2.34. The van der Waals surface area contributed by atoms with Crippen molar-refractivity contribution < 1.29 is 0 Å². The number of pyridine rings is 1. The van der Waals surface area contributed by atoms with E-state index >= 15 is 0 Å². The minimum Gasteiger partial charge on any atom is -0.356 e. The SMILES string of the molecule is CN=C(NCCc1ccncc1C)NCC(C(C)C)N1CCCCCC1.I. The average Bonchev–Trinajstić information content (AvgIpc) is 2.91. The van der Waals surface area contributed by atoms with Crippen LogP contribution in [0.3, 0.4) is 0 Å². The maximum atomic E-state index is 4.40. The van der Waals surface area contributed by atoms with Crippen molar-refractivity contribution in [1.29, 1.82) is 0 Å². The molecular weight excluding hydrogens is 449 g/mol. The fourth-order valence-corrected chi connectivity index (χ4v) is 3.73. The summed E-state index contributed by atoms with van der Waals surface area (Å²) >= 11 is 0. The van der Waals surface area contributed by atoms with Gasteiger partial charge >= 0.3 is 0 Å². The summed E-state index contributed by atoms with van der Waals surface area (Å²) in [5.74, 6) is 1.54. The highest BCUT2D eigenvalue weighted by molar-refractivity contribution is 14.0. The van der Waals surface area contributed by atoms with E-state index in [0.29, 0.717) is 12.0 Å². The van der Waals surface area contributed by atoms with E-state index in [-0.39, 0.29) is 24.0 Å². The molecule has 5 nitrogen and oxygen atoms in total. The van der Waals surface area contributed by atoms with Crippen molar-refractivity contribution in [3.63, 3.8) is 0 Å². The van der Waals surface area contributed by atoms with Crippen LogP contribution in [0.15, 0.2) is 23.5 Å². The summed E-state index contributed by atoms with van der Waals surface area (Å²) in [6.07, 6.45) is 10.2. The Hall–Kier alpha value is -0.890. The Kier molecular flexibility index (Phi) is 11.9. The molecule has 0 amide bonds. The molecule has 27 heavy (non-hydrogen) atoms. The molecule has 0 aromatic carbocycles. The van der Waals surface area contributed by atoms with Gasteiger partial charge in [0.05, 0.1) is 0 Å². The molecule has 1 fully saturated rings. The van der Waals surface area contributed by atoms with Gasteiger partial charge in [-0.1, -0.05) is 26.7 Å². The molecule has 0 radical (unpaired) electrons. The standard InChI is InChI=1S/C21H37N5.HI/c1-17(2)20(26-13-7-5-6-8-14-26)16-25-21(22-4)24-12-10-19-9-11-23-15-18(19)3;/h9,11,15,17,20H,5-8,10,12-14,16H2,1-4H3,(H2,22,24,25);1H. The van der Waals surface area contributed by atoms with E-state index in [4.69, 9.17) is 0 Å². The number of aromatic nitrogens is 1. The third-order valence-electron chi connectivity index (χ3n) is 5.40. The smallest absolute Gasteiger partial charge is 0.191 e. The number of rotatable bonds is 7. The topological polar surface area (TPSA) is 52.6 Å². The van der Waals surface area contributed by atoms with E-state index < -0.39 is 0 Å². The summed E-state index contributed by atoms with van der Waals surface area (Å²) in [5, 5.41) is 7.01. The minimum atomic E-state index is 0. The number of halogens is 1.